The van der Waals surface area contributed by atoms with E-state index in [-0.39, 0.29) is 5.97 Å². The summed E-state index contributed by atoms with van der Waals surface area (Å²) < 4.78 is 4.93. The number of carbonyl (C=O) groups excluding carboxylic acids is 1. The fourth-order valence-corrected chi connectivity index (χ4v) is 1.08. The largest absolute Gasteiger partial charge is 0.465 e. The van der Waals surface area contributed by atoms with Gasteiger partial charge in [0.1, 0.15) is 0 Å². The molecule has 14 heavy (non-hydrogen) atoms. The fourth-order valence-electron chi connectivity index (χ4n) is 1.08. The minimum absolute atomic E-state index is 0.112. The van der Waals surface area contributed by atoms with Gasteiger partial charge in [0.2, 0.25) is 0 Å². The summed E-state index contributed by atoms with van der Waals surface area (Å²) in [4.78, 5) is 11.0. The molecule has 0 aliphatic heterocycles. The number of carbonyl (C=O) groups is 1. The first-order chi connectivity index (χ1) is 6.81. The van der Waals surface area contributed by atoms with Crippen molar-refractivity contribution in [2.24, 2.45) is 0 Å². The van der Waals surface area contributed by atoms with E-state index in [2.05, 4.69) is 13.0 Å². The first kappa shape index (κ1) is 13.2. The smallest absolute Gasteiger partial charge is 0.309 e. The van der Waals surface area contributed by atoms with E-state index >= 15 is 0 Å². The fraction of sp³-hybridized carbons (Fsp3) is 0.750. The highest BCUT2D eigenvalue weighted by Crippen LogP contribution is 2.00. The zero-order valence-corrected chi connectivity index (χ0v) is 9.42. The van der Waals surface area contributed by atoms with E-state index < -0.39 is 0 Å². The summed E-state index contributed by atoms with van der Waals surface area (Å²) in [5.41, 5.74) is 0. The van der Waals surface area contributed by atoms with Crippen LogP contribution in [0.5, 0.6) is 0 Å². The highest BCUT2D eigenvalue weighted by Gasteiger charge is 1.96. The Labute approximate surface area is 87.3 Å². The van der Waals surface area contributed by atoms with E-state index in [0.29, 0.717) is 13.0 Å². The van der Waals surface area contributed by atoms with Crippen LogP contribution in [0.3, 0.4) is 0 Å². The van der Waals surface area contributed by atoms with Crippen LogP contribution < -0.4 is 0 Å². The van der Waals surface area contributed by atoms with Gasteiger partial charge in [0.05, 0.1) is 13.0 Å². The van der Waals surface area contributed by atoms with E-state index in [0.717, 1.165) is 12.8 Å². The Hall–Kier alpha value is -0.790. The third-order valence-electron chi connectivity index (χ3n) is 1.89. The first-order valence-electron chi connectivity index (χ1n) is 5.61. The van der Waals surface area contributed by atoms with Gasteiger partial charge in [-0.2, -0.15) is 0 Å². The molecule has 2 heteroatoms. The lowest BCUT2D eigenvalue weighted by molar-refractivity contribution is -0.142. The lowest BCUT2D eigenvalue weighted by Gasteiger charge is -1.98. The van der Waals surface area contributed by atoms with Gasteiger partial charge in [-0.25, -0.2) is 0 Å². The Morgan fingerprint density at radius 2 is 1.93 bits per heavy atom. The molecule has 0 saturated carbocycles. The number of unbranched alkanes of at least 4 members (excludes halogenated alkanes) is 3. The molecule has 2 nitrogen and oxygen atoms in total. The molecule has 0 aliphatic carbocycles. The average Bonchev–Trinajstić information content (AvgIpc) is 2.20. The molecule has 0 bridgehead atoms. The zero-order valence-electron chi connectivity index (χ0n) is 9.42. The maximum absolute atomic E-state index is 11.0. The van der Waals surface area contributed by atoms with Gasteiger partial charge in [0, 0.05) is 0 Å². The topological polar surface area (TPSA) is 26.3 Å². The highest BCUT2D eigenvalue weighted by atomic mass is 16.5. The van der Waals surface area contributed by atoms with Crippen LogP contribution in [0.4, 0.5) is 0 Å². The molecule has 0 fully saturated rings. The predicted molar refractivity (Wildman–Crippen MR) is 59.1 cm³/mol. The quantitative estimate of drug-likeness (QED) is 0.339. The molecular formula is C12H22O2. The van der Waals surface area contributed by atoms with Crippen LogP contribution in [0.15, 0.2) is 12.2 Å². The summed E-state index contributed by atoms with van der Waals surface area (Å²) in [5, 5.41) is 0. The molecule has 0 aliphatic rings. The van der Waals surface area contributed by atoms with Crippen LogP contribution in [0.2, 0.25) is 0 Å². The Kier molecular flexibility index (Phi) is 9.71. The van der Waals surface area contributed by atoms with E-state index in [1.165, 1.54) is 19.3 Å². The van der Waals surface area contributed by atoms with Crippen molar-refractivity contribution in [2.45, 2.75) is 52.4 Å². The Morgan fingerprint density at radius 1 is 1.14 bits per heavy atom. The van der Waals surface area contributed by atoms with Crippen molar-refractivity contribution in [1.29, 1.82) is 0 Å². The predicted octanol–water partition coefficient (Wildman–Crippen LogP) is 3.47. The summed E-state index contributed by atoms with van der Waals surface area (Å²) in [6, 6.07) is 0. The van der Waals surface area contributed by atoms with Gasteiger partial charge in [0.15, 0.2) is 0 Å². The van der Waals surface area contributed by atoms with Gasteiger partial charge in [0.25, 0.3) is 0 Å². The minimum atomic E-state index is -0.112. The SMILES string of the molecule is CCCCCC=CCC(=O)OCCC. The molecular weight excluding hydrogens is 176 g/mol. The molecule has 0 saturated heterocycles. The third kappa shape index (κ3) is 9.30. The van der Waals surface area contributed by atoms with Crippen molar-refractivity contribution in [1.82, 2.24) is 0 Å². The van der Waals surface area contributed by atoms with Gasteiger partial charge in [-0.15, -0.1) is 0 Å². The van der Waals surface area contributed by atoms with Gasteiger partial charge in [-0.05, 0) is 19.3 Å². The van der Waals surface area contributed by atoms with Crippen molar-refractivity contribution in [3.63, 3.8) is 0 Å². The van der Waals surface area contributed by atoms with E-state index in [4.69, 9.17) is 4.74 Å². The Balaban J connectivity index is 3.27. The third-order valence-corrected chi connectivity index (χ3v) is 1.89. The summed E-state index contributed by atoms with van der Waals surface area (Å²) in [6.07, 6.45) is 10.1. The van der Waals surface area contributed by atoms with Crippen molar-refractivity contribution >= 4 is 5.97 Å². The number of hydrogen-bond acceptors (Lipinski definition) is 2. The Bertz CT molecular complexity index is 162. The van der Waals surface area contributed by atoms with E-state index in [1.807, 2.05) is 13.0 Å². The average molecular weight is 198 g/mol. The monoisotopic (exact) mass is 198 g/mol. The molecule has 0 aromatic rings. The molecule has 82 valence electrons. The molecule has 0 spiro atoms. The summed E-state index contributed by atoms with van der Waals surface area (Å²) in [6.45, 7) is 4.72. The second-order valence-corrected chi connectivity index (χ2v) is 3.39. The van der Waals surface area contributed by atoms with Crippen molar-refractivity contribution in [2.75, 3.05) is 6.61 Å². The van der Waals surface area contributed by atoms with E-state index in [9.17, 15) is 4.79 Å². The minimum Gasteiger partial charge on any atom is -0.465 e. The highest BCUT2D eigenvalue weighted by molar-refractivity contribution is 5.71. The second kappa shape index (κ2) is 10.3. The summed E-state index contributed by atoms with van der Waals surface area (Å²) >= 11 is 0. The van der Waals surface area contributed by atoms with Gasteiger partial charge in [-0.1, -0.05) is 38.8 Å². The molecule has 0 unspecified atom stereocenters. The maximum Gasteiger partial charge on any atom is 0.309 e. The molecule has 0 amide bonds. The van der Waals surface area contributed by atoms with Gasteiger partial charge in [-0.3, -0.25) is 4.79 Å². The lowest BCUT2D eigenvalue weighted by Crippen LogP contribution is -2.03. The van der Waals surface area contributed by atoms with E-state index in [1.54, 1.807) is 0 Å². The molecule has 0 rings (SSSR count). The molecule has 0 aromatic carbocycles. The first-order valence-corrected chi connectivity index (χ1v) is 5.61. The summed E-state index contributed by atoms with van der Waals surface area (Å²) in [7, 11) is 0. The Morgan fingerprint density at radius 3 is 2.57 bits per heavy atom. The van der Waals surface area contributed by atoms with Crippen LogP contribution in [-0.4, -0.2) is 12.6 Å². The second-order valence-electron chi connectivity index (χ2n) is 3.39. The molecule has 0 heterocycles. The van der Waals surface area contributed by atoms with Crippen molar-refractivity contribution in [3.8, 4) is 0 Å². The normalized spacial score (nSPS) is 10.7. The van der Waals surface area contributed by atoms with Gasteiger partial charge >= 0.3 is 5.97 Å². The molecule has 0 aromatic heterocycles. The maximum atomic E-state index is 11.0. The number of hydrogen-bond donors (Lipinski definition) is 0. The molecule has 0 radical (unpaired) electrons. The van der Waals surface area contributed by atoms with Gasteiger partial charge < -0.3 is 4.74 Å². The number of allylic oxidation sites excluding steroid dienone is 1. The number of rotatable bonds is 8. The summed E-state index contributed by atoms with van der Waals surface area (Å²) in [5.74, 6) is -0.112. The van der Waals surface area contributed by atoms with Crippen LogP contribution in [0.25, 0.3) is 0 Å². The van der Waals surface area contributed by atoms with Crippen LogP contribution in [0, 0.1) is 0 Å². The van der Waals surface area contributed by atoms with Crippen LogP contribution in [-0.2, 0) is 9.53 Å². The van der Waals surface area contributed by atoms with Crippen molar-refractivity contribution in [3.05, 3.63) is 12.2 Å². The lowest BCUT2D eigenvalue weighted by atomic mass is 10.2. The number of esters is 1. The standard InChI is InChI=1S/C12H22O2/c1-3-5-6-7-8-9-10-12(13)14-11-4-2/h8-9H,3-7,10-11H2,1-2H3. The number of ether oxygens (including phenoxy) is 1. The van der Waals surface area contributed by atoms with Crippen LogP contribution in [0.1, 0.15) is 52.4 Å². The van der Waals surface area contributed by atoms with Crippen LogP contribution >= 0.6 is 0 Å². The van der Waals surface area contributed by atoms with Crippen molar-refractivity contribution < 1.29 is 9.53 Å². The zero-order chi connectivity index (χ0) is 10.6. The molecule has 0 N–H and O–H groups in total. The molecule has 0 atom stereocenters.